The van der Waals surface area contributed by atoms with Crippen LogP contribution < -0.4 is 10.1 Å². The number of ether oxygens (including phenoxy) is 1. The number of hydrogen-bond donors (Lipinski definition) is 1. The summed E-state index contributed by atoms with van der Waals surface area (Å²) in [5.74, 6) is 0.958. The topological polar surface area (TPSA) is 41.6 Å². The highest BCUT2D eigenvalue weighted by molar-refractivity contribution is 5.92. The molecule has 4 nitrogen and oxygen atoms in total. The summed E-state index contributed by atoms with van der Waals surface area (Å²) in [6, 6.07) is 8.16. The van der Waals surface area contributed by atoms with Crippen molar-refractivity contribution in [2.24, 2.45) is 0 Å². The lowest BCUT2D eigenvalue weighted by molar-refractivity contribution is -0.127. The van der Waals surface area contributed by atoms with E-state index in [9.17, 15) is 4.79 Å². The molecular formula is C18H26N2O2. The molecule has 0 aromatic heterocycles. The molecule has 0 saturated carbocycles. The molecule has 1 fully saturated rings. The van der Waals surface area contributed by atoms with E-state index in [4.69, 9.17) is 4.74 Å². The fourth-order valence-electron chi connectivity index (χ4n) is 2.66. The van der Waals surface area contributed by atoms with Crippen LogP contribution in [0.3, 0.4) is 0 Å². The summed E-state index contributed by atoms with van der Waals surface area (Å²) in [4.78, 5) is 14.3. The Morgan fingerprint density at radius 3 is 2.73 bits per heavy atom. The summed E-state index contributed by atoms with van der Waals surface area (Å²) in [5.41, 5.74) is 1.01. The Kier molecular flexibility index (Phi) is 6.46. The summed E-state index contributed by atoms with van der Waals surface area (Å²) >= 11 is 0. The second kappa shape index (κ2) is 8.59. The van der Waals surface area contributed by atoms with Crippen LogP contribution in [0.25, 0.3) is 6.08 Å². The van der Waals surface area contributed by atoms with Crippen molar-refractivity contribution in [2.45, 2.75) is 32.7 Å². The van der Waals surface area contributed by atoms with E-state index in [2.05, 4.69) is 12.2 Å². The third-order valence-electron chi connectivity index (χ3n) is 3.87. The first kappa shape index (κ1) is 16.6. The minimum absolute atomic E-state index is 0.0857. The Hall–Kier alpha value is -1.81. The van der Waals surface area contributed by atoms with Crippen LogP contribution in [-0.2, 0) is 4.79 Å². The highest BCUT2D eigenvalue weighted by Crippen LogP contribution is 2.14. The number of carbonyl (C=O) groups is 1. The third kappa shape index (κ3) is 4.60. The zero-order chi connectivity index (χ0) is 15.8. The van der Waals surface area contributed by atoms with Crippen LogP contribution in [0, 0.1) is 0 Å². The lowest BCUT2D eigenvalue weighted by Gasteiger charge is -2.25. The molecule has 0 bridgehead atoms. The first-order valence-corrected chi connectivity index (χ1v) is 8.16. The maximum Gasteiger partial charge on any atom is 0.246 e. The van der Waals surface area contributed by atoms with E-state index >= 15 is 0 Å². The Bertz CT molecular complexity index is 490. The van der Waals surface area contributed by atoms with Crippen LogP contribution in [0.4, 0.5) is 0 Å². The van der Waals surface area contributed by atoms with Gasteiger partial charge in [0.15, 0.2) is 0 Å². The van der Waals surface area contributed by atoms with Crippen LogP contribution in [0.1, 0.15) is 32.3 Å². The van der Waals surface area contributed by atoms with Crippen LogP contribution in [0.5, 0.6) is 5.75 Å². The second-order valence-electron chi connectivity index (χ2n) is 5.52. The number of nitrogens with zero attached hydrogens (tertiary/aromatic N) is 1. The first-order chi connectivity index (χ1) is 10.7. The maximum absolute atomic E-state index is 12.3. The molecule has 1 heterocycles. The standard InChI is InChI=1S/C18H26N2O2/c1-3-13-22-17-8-5-15(6-9-17)7-10-18(21)20(4-2)16-11-12-19-14-16/h5-10,16,19H,3-4,11-14H2,1-2H3/b10-7+. The predicted molar refractivity (Wildman–Crippen MR) is 89.9 cm³/mol. The van der Waals surface area contributed by atoms with Gasteiger partial charge in [0.05, 0.1) is 6.61 Å². The molecule has 1 aliphatic rings. The van der Waals surface area contributed by atoms with E-state index < -0.39 is 0 Å². The SMILES string of the molecule is CCCOc1ccc(/C=C/C(=O)N(CC)C2CCNC2)cc1. The van der Waals surface area contributed by atoms with Gasteiger partial charge in [-0.05, 0) is 50.1 Å². The third-order valence-corrected chi connectivity index (χ3v) is 3.87. The fraction of sp³-hybridized carbons (Fsp3) is 0.500. The molecule has 22 heavy (non-hydrogen) atoms. The Labute approximate surface area is 133 Å². The van der Waals surface area contributed by atoms with Crippen molar-refractivity contribution >= 4 is 12.0 Å². The van der Waals surface area contributed by atoms with Crippen molar-refractivity contribution in [3.8, 4) is 5.75 Å². The minimum Gasteiger partial charge on any atom is -0.494 e. The van der Waals surface area contributed by atoms with Crippen LogP contribution in [-0.4, -0.2) is 43.1 Å². The Morgan fingerprint density at radius 2 is 2.14 bits per heavy atom. The van der Waals surface area contributed by atoms with Gasteiger partial charge in [0, 0.05) is 25.2 Å². The van der Waals surface area contributed by atoms with E-state index in [1.165, 1.54) is 0 Å². The monoisotopic (exact) mass is 302 g/mol. The molecule has 1 unspecified atom stereocenters. The highest BCUT2D eigenvalue weighted by atomic mass is 16.5. The van der Waals surface area contributed by atoms with Crippen molar-refractivity contribution < 1.29 is 9.53 Å². The number of likely N-dealkylation sites (N-methyl/N-ethyl adjacent to an activating group) is 1. The quantitative estimate of drug-likeness (QED) is 0.787. The van der Waals surface area contributed by atoms with Crippen LogP contribution >= 0.6 is 0 Å². The van der Waals surface area contributed by atoms with E-state index in [1.807, 2.05) is 42.2 Å². The highest BCUT2D eigenvalue weighted by Gasteiger charge is 2.23. The summed E-state index contributed by atoms with van der Waals surface area (Å²) in [7, 11) is 0. The molecule has 0 aliphatic carbocycles. The summed E-state index contributed by atoms with van der Waals surface area (Å²) < 4.78 is 5.55. The Balaban J connectivity index is 1.93. The van der Waals surface area contributed by atoms with Gasteiger partial charge in [-0.25, -0.2) is 0 Å². The van der Waals surface area contributed by atoms with Gasteiger partial charge in [0.1, 0.15) is 5.75 Å². The largest absolute Gasteiger partial charge is 0.494 e. The maximum atomic E-state index is 12.3. The van der Waals surface area contributed by atoms with Gasteiger partial charge in [-0.2, -0.15) is 0 Å². The summed E-state index contributed by atoms with van der Waals surface area (Å²) in [6.07, 6.45) is 5.58. The molecule has 1 atom stereocenters. The van der Waals surface area contributed by atoms with Gasteiger partial charge >= 0.3 is 0 Å². The van der Waals surface area contributed by atoms with Gasteiger partial charge < -0.3 is 15.0 Å². The van der Waals surface area contributed by atoms with E-state index in [1.54, 1.807) is 6.08 Å². The van der Waals surface area contributed by atoms with Crippen molar-refractivity contribution in [1.82, 2.24) is 10.2 Å². The number of hydrogen-bond acceptors (Lipinski definition) is 3. The number of carbonyl (C=O) groups excluding carboxylic acids is 1. The molecule has 2 rings (SSSR count). The van der Waals surface area contributed by atoms with E-state index in [0.717, 1.165) is 50.4 Å². The summed E-state index contributed by atoms with van der Waals surface area (Å²) in [5, 5.41) is 3.31. The average Bonchev–Trinajstić information content (AvgIpc) is 3.07. The van der Waals surface area contributed by atoms with Crippen molar-refractivity contribution in [1.29, 1.82) is 0 Å². The smallest absolute Gasteiger partial charge is 0.246 e. The van der Waals surface area contributed by atoms with E-state index in [-0.39, 0.29) is 5.91 Å². The molecule has 0 spiro atoms. The average molecular weight is 302 g/mol. The van der Waals surface area contributed by atoms with Gasteiger partial charge in [-0.15, -0.1) is 0 Å². The predicted octanol–water partition coefficient (Wildman–Crippen LogP) is 2.70. The molecule has 0 radical (unpaired) electrons. The zero-order valence-electron chi connectivity index (χ0n) is 13.5. The molecule has 1 amide bonds. The molecule has 1 N–H and O–H groups in total. The zero-order valence-corrected chi connectivity index (χ0v) is 13.5. The van der Waals surface area contributed by atoms with Gasteiger partial charge in [-0.1, -0.05) is 19.1 Å². The molecule has 1 aromatic rings. The van der Waals surface area contributed by atoms with Crippen LogP contribution in [0.2, 0.25) is 0 Å². The second-order valence-corrected chi connectivity index (χ2v) is 5.52. The molecule has 1 aromatic carbocycles. The number of rotatable bonds is 7. The fourth-order valence-corrected chi connectivity index (χ4v) is 2.66. The minimum atomic E-state index is 0.0857. The van der Waals surface area contributed by atoms with Crippen molar-refractivity contribution in [3.63, 3.8) is 0 Å². The van der Waals surface area contributed by atoms with Gasteiger partial charge in [0.25, 0.3) is 0 Å². The van der Waals surface area contributed by atoms with Crippen LogP contribution in [0.15, 0.2) is 30.3 Å². The van der Waals surface area contributed by atoms with Crippen molar-refractivity contribution in [3.05, 3.63) is 35.9 Å². The van der Waals surface area contributed by atoms with E-state index in [0.29, 0.717) is 6.04 Å². The molecular weight excluding hydrogens is 276 g/mol. The number of nitrogens with one attached hydrogen (secondary N) is 1. The molecule has 1 aliphatic heterocycles. The lowest BCUT2D eigenvalue weighted by Crippen LogP contribution is -2.40. The van der Waals surface area contributed by atoms with Crippen molar-refractivity contribution in [2.75, 3.05) is 26.2 Å². The lowest BCUT2D eigenvalue weighted by atomic mass is 10.2. The molecule has 120 valence electrons. The molecule has 4 heteroatoms. The number of benzene rings is 1. The normalized spacial score (nSPS) is 17.8. The van der Waals surface area contributed by atoms with Gasteiger partial charge in [0.2, 0.25) is 5.91 Å². The number of amides is 1. The Morgan fingerprint density at radius 1 is 1.36 bits per heavy atom. The molecule has 1 saturated heterocycles. The summed E-state index contributed by atoms with van der Waals surface area (Å²) in [6.45, 7) is 7.49. The van der Waals surface area contributed by atoms with Gasteiger partial charge in [-0.3, -0.25) is 4.79 Å². The first-order valence-electron chi connectivity index (χ1n) is 8.16.